The van der Waals surface area contributed by atoms with Gasteiger partial charge in [-0.25, -0.2) is 0 Å². The lowest BCUT2D eigenvalue weighted by Crippen LogP contribution is -2.39. The minimum Gasteiger partial charge on any atom is -0.488 e. The van der Waals surface area contributed by atoms with Crippen molar-refractivity contribution in [1.29, 1.82) is 0 Å². The monoisotopic (exact) mass is 1020 g/mol. The molecule has 0 aliphatic carbocycles. The lowest BCUT2D eigenvalue weighted by molar-refractivity contribution is -0.167. The van der Waals surface area contributed by atoms with Crippen LogP contribution in [-0.4, -0.2) is 131 Å². The average molecular weight is 1020 g/mol. The van der Waals surface area contributed by atoms with Crippen molar-refractivity contribution in [3.63, 3.8) is 0 Å². The minimum atomic E-state index is -0.889. The van der Waals surface area contributed by atoms with Crippen LogP contribution in [0, 0.1) is 0 Å². The van der Waals surface area contributed by atoms with Crippen LogP contribution in [0.1, 0.15) is 66.8 Å². The third-order valence-corrected chi connectivity index (χ3v) is 10.3. The van der Waals surface area contributed by atoms with E-state index in [2.05, 4.69) is 4.74 Å². The van der Waals surface area contributed by atoms with Crippen molar-refractivity contribution in [1.82, 2.24) is 4.90 Å². The van der Waals surface area contributed by atoms with Gasteiger partial charge in [0.2, 0.25) is 27.2 Å². The van der Waals surface area contributed by atoms with Gasteiger partial charge in [0.05, 0.1) is 30.8 Å². The highest BCUT2D eigenvalue weighted by Gasteiger charge is 2.34. The molecule has 24 nitrogen and oxygen atoms in total. The SMILES string of the molecule is CC(=O)OCOC(=O)CCN(CC(=O)OCOC(C)=O)c1ccccc1OCCOc1cc(CN2C(=O)c3cccc4c(N)ccc(c34)C2=O)ccc1N(CCC(=O)OCOC(C)=O)CC(=O)OCOC(C)=O. The maximum atomic E-state index is 14.0. The van der Waals surface area contributed by atoms with E-state index in [9.17, 15) is 47.9 Å². The predicted octanol–water partition coefficient (Wildman–Crippen LogP) is 3.32. The van der Waals surface area contributed by atoms with Gasteiger partial charge in [-0.1, -0.05) is 30.3 Å². The van der Waals surface area contributed by atoms with E-state index in [1.807, 2.05) is 0 Å². The molecule has 0 saturated heterocycles. The Hall–Kier alpha value is -8.96. The Morgan fingerprint density at radius 3 is 1.49 bits per heavy atom. The normalized spacial score (nSPS) is 11.4. The van der Waals surface area contributed by atoms with Gasteiger partial charge in [-0.05, 0) is 48.0 Å². The Kier molecular flexibility index (Phi) is 20.2. The Morgan fingerprint density at radius 2 is 0.973 bits per heavy atom. The van der Waals surface area contributed by atoms with Crippen LogP contribution in [0.15, 0.2) is 72.8 Å². The highest BCUT2D eigenvalue weighted by atomic mass is 16.7. The molecule has 0 atom stereocenters. The smallest absolute Gasteiger partial charge is 0.328 e. The van der Waals surface area contributed by atoms with Crippen LogP contribution in [0.25, 0.3) is 10.8 Å². The van der Waals surface area contributed by atoms with Gasteiger partial charge in [0.25, 0.3) is 11.8 Å². The molecule has 24 heteroatoms. The van der Waals surface area contributed by atoms with Gasteiger partial charge in [-0.15, -0.1) is 0 Å². The van der Waals surface area contributed by atoms with Crippen LogP contribution in [0.3, 0.4) is 0 Å². The molecule has 1 aliphatic heterocycles. The number of nitrogens with two attached hydrogens (primary N) is 1. The number of amides is 2. The first-order valence-corrected chi connectivity index (χ1v) is 22.2. The first-order chi connectivity index (χ1) is 34.9. The number of nitrogen functional groups attached to an aromatic ring is 1. The van der Waals surface area contributed by atoms with E-state index in [1.54, 1.807) is 60.7 Å². The number of para-hydroxylation sites is 2. The molecule has 4 aromatic carbocycles. The van der Waals surface area contributed by atoms with Crippen LogP contribution >= 0.6 is 0 Å². The molecule has 5 rings (SSSR count). The molecule has 0 unspecified atom stereocenters. The molecule has 4 aromatic rings. The van der Waals surface area contributed by atoms with Crippen LogP contribution in [0.5, 0.6) is 11.5 Å². The van der Waals surface area contributed by atoms with Crippen LogP contribution in [0.2, 0.25) is 0 Å². The molecule has 73 heavy (non-hydrogen) atoms. The molecular weight excluding hydrogens is 965 g/mol. The largest absolute Gasteiger partial charge is 0.488 e. The number of benzene rings is 4. The van der Waals surface area contributed by atoms with Crippen molar-refractivity contribution >= 4 is 87.4 Å². The number of nitrogens with zero attached hydrogens (tertiary/aromatic N) is 3. The second-order valence-electron chi connectivity index (χ2n) is 15.5. The summed E-state index contributed by atoms with van der Waals surface area (Å²) in [6, 6.07) is 19.1. The van der Waals surface area contributed by atoms with Crippen LogP contribution < -0.4 is 25.0 Å². The van der Waals surface area contributed by atoms with E-state index in [-0.39, 0.29) is 74.0 Å². The van der Waals surface area contributed by atoms with Gasteiger partial charge >= 0.3 is 47.8 Å². The Balaban J connectivity index is 1.43. The summed E-state index contributed by atoms with van der Waals surface area (Å²) in [4.78, 5) is 128. The summed E-state index contributed by atoms with van der Waals surface area (Å²) >= 11 is 0. The number of hydrogen-bond donors (Lipinski definition) is 1. The fourth-order valence-electron chi connectivity index (χ4n) is 6.95. The van der Waals surface area contributed by atoms with Gasteiger partial charge in [0.1, 0.15) is 37.8 Å². The van der Waals surface area contributed by atoms with Crippen molar-refractivity contribution in [3.05, 3.63) is 89.5 Å². The Bertz CT molecular complexity index is 2700. The van der Waals surface area contributed by atoms with Crippen molar-refractivity contribution in [2.45, 2.75) is 47.1 Å². The topological polar surface area (TPSA) is 299 Å². The molecule has 0 bridgehead atoms. The van der Waals surface area contributed by atoms with E-state index < -0.39 is 99.8 Å². The number of imide groups is 1. The minimum absolute atomic E-state index is 0.0621. The maximum absolute atomic E-state index is 14.0. The third-order valence-electron chi connectivity index (χ3n) is 10.3. The predicted molar refractivity (Wildman–Crippen MR) is 251 cm³/mol. The molecule has 0 fully saturated rings. The van der Waals surface area contributed by atoms with Crippen LogP contribution in [-0.2, 0) is 82.8 Å². The van der Waals surface area contributed by atoms with Gasteiger partial charge in [0, 0.05) is 68.4 Å². The number of anilines is 3. The van der Waals surface area contributed by atoms with Crippen molar-refractivity contribution < 1.29 is 95.3 Å². The van der Waals surface area contributed by atoms with Crippen molar-refractivity contribution in [3.8, 4) is 11.5 Å². The molecular formula is C49H52N4O20. The van der Waals surface area contributed by atoms with E-state index in [4.69, 9.17) is 48.4 Å². The van der Waals surface area contributed by atoms with Gasteiger partial charge in [-0.2, -0.15) is 0 Å². The molecule has 388 valence electrons. The summed E-state index contributed by atoms with van der Waals surface area (Å²) in [6.45, 7) is -0.173. The van der Waals surface area contributed by atoms with Gasteiger partial charge < -0.3 is 62.9 Å². The first-order valence-electron chi connectivity index (χ1n) is 22.2. The zero-order valence-electron chi connectivity index (χ0n) is 40.2. The van der Waals surface area contributed by atoms with Crippen molar-refractivity contribution in [2.75, 3.05) is 82.1 Å². The quantitative estimate of drug-likeness (QED) is 0.0224. The fraction of sp³-hybridized carbons (Fsp3) is 0.347. The average Bonchev–Trinajstić information content (AvgIpc) is 3.33. The summed E-state index contributed by atoms with van der Waals surface area (Å²) < 4.78 is 51.3. The third kappa shape index (κ3) is 16.6. The summed E-state index contributed by atoms with van der Waals surface area (Å²) in [5, 5.41) is 0.977. The maximum Gasteiger partial charge on any atom is 0.328 e. The van der Waals surface area contributed by atoms with Crippen LogP contribution in [0.4, 0.5) is 17.1 Å². The molecule has 2 amide bonds. The number of rotatable bonds is 27. The molecule has 2 N–H and O–H groups in total. The zero-order valence-corrected chi connectivity index (χ0v) is 40.2. The number of carbonyl (C=O) groups is 10. The Morgan fingerprint density at radius 1 is 0.507 bits per heavy atom. The molecule has 1 heterocycles. The second kappa shape index (κ2) is 26.9. The fourth-order valence-corrected chi connectivity index (χ4v) is 6.95. The molecule has 0 radical (unpaired) electrons. The zero-order chi connectivity index (χ0) is 53.0. The second-order valence-corrected chi connectivity index (χ2v) is 15.5. The van der Waals surface area contributed by atoms with E-state index in [0.29, 0.717) is 27.7 Å². The molecule has 0 saturated carbocycles. The van der Waals surface area contributed by atoms with E-state index in [1.165, 1.54) is 21.9 Å². The lowest BCUT2D eigenvalue weighted by Gasteiger charge is -2.29. The van der Waals surface area contributed by atoms with Crippen molar-refractivity contribution in [2.24, 2.45) is 0 Å². The Labute approximate surface area is 416 Å². The highest BCUT2D eigenvalue weighted by molar-refractivity contribution is 6.26. The number of hydrogen-bond acceptors (Lipinski definition) is 23. The molecule has 0 aromatic heterocycles. The van der Waals surface area contributed by atoms with E-state index >= 15 is 0 Å². The summed E-state index contributed by atoms with van der Waals surface area (Å²) in [6.07, 6.45) is -0.651. The number of esters is 8. The van der Waals surface area contributed by atoms with Gasteiger partial charge in [-0.3, -0.25) is 52.8 Å². The summed E-state index contributed by atoms with van der Waals surface area (Å²) in [7, 11) is 0. The standard InChI is InChI=1S/C49H52N4O20/c1-30(54)66-26-70-43(58)16-18-51(24-45(60)72-28-68-32(3)56)39-10-5-6-11-41(39)64-20-21-65-42-22-34(23-53-48(62)36-9-7-8-35-38(50)14-13-37(47(35)36)49(53)63)12-15-40(42)52(25-46(61)73-29-69-33(4)57)19-17-44(59)71-27-67-31(2)55/h5-15,22H,16-21,23-29,50H2,1-4H3. The number of carbonyl (C=O) groups excluding carboxylic acids is 10. The van der Waals surface area contributed by atoms with Gasteiger partial charge in [0.15, 0.2) is 0 Å². The summed E-state index contributed by atoms with van der Waals surface area (Å²) in [5.41, 5.74) is 7.99. The lowest BCUT2D eigenvalue weighted by atomic mass is 9.93. The molecule has 0 spiro atoms. The number of ether oxygens (including phenoxy) is 10. The van der Waals surface area contributed by atoms with E-state index in [0.717, 1.165) is 32.6 Å². The first kappa shape index (κ1) is 55.0. The molecule has 1 aliphatic rings. The summed E-state index contributed by atoms with van der Waals surface area (Å²) in [5.74, 6) is -6.96. The highest BCUT2D eigenvalue weighted by Crippen LogP contribution is 2.36.